The molecule has 1 aliphatic heterocycles. The van der Waals surface area contributed by atoms with Gasteiger partial charge in [0.2, 0.25) is 5.91 Å². The van der Waals surface area contributed by atoms with Crippen LogP contribution in [0.3, 0.4) is 0 Å². The van der Waals surface area contributed by atoms with E-state index < -0.39 is 0 Å². The molecule has 2 N–H and O–H groups in total. The van der Waals surface area contributed by atoms with Gasteiger partial charge in [-0.1, -0.05) is 18.2 Å². The number of amides is 2. The number of rotatable bonds is 4. The van der Waals surface area contributed by atoms with E-state index in [0.29, 0.717) is 25.1 Å². The number of fused-ring (bicyclic) bond motifs is 1. The first-order valence-corrected chi connectivity index (χ1v) is 7.31. The molecule has 0 atom stereocenters. The first-order chi connectivity index (χ1) is 10.6. The third-order valence-electron chi connectivity index (χ3n) is 3.83. The van der Waals surface area contributed by atoms with Crippen LogP contribution in [0.2, 0.25) is 0 Å². The fourth-order valence-corrected chi connectivity index (χ4v) is 2.68. The van der Waals surface area contributed by atoms with Gasteiger partial charge in [-0.3, -0.25) is 9.59 Å². The molecule has 2 heterocycles. The molecular weight excluding hydrogens is 280 g/mol. The number of hydrazone groups is 1. The highest BCUT2D eigenvalue weighted by Gasteiger charge is 2.17. The van der Waals surface area contributed by atoms with Gasteiger partial charge in [-0.15, -0.1) is 0 Å². The number of aromatic nitrogens is 1. The Morgan fingerprint density at radius 1 is 1.36 bits per heavy atom. The van der Waals surface area contributed by atoms with Crippen molar-refractivity contribution in [2.75, 3.05) is 6.54 Å². The summed E-state index contributed by atoms with van der Waals surface area (Å²) >= 11 is 0. The number of benzene rings is 1. The van der Waals surface area contributed by atoms with Crippen LogP contribution in [0.4, 0.5) is 0 Å². The van der Waals surface area contributed by atoms with E-state index in [4.69, 9.17) is 0 Å². The van der Waals surface area contributed by atoms with Crippen LogP contribution in [0.15, 0.2) is 35.6 Å². The van der Waals surface area contributed by atoms with E-state index in [2.05, 4.69) is 38.7 Å². The van der Waals surface area contributed by atoms with Crippen LogP contribution in [0.25, 0.3) is 10.9 Å². The molecule has 1 aromatic carbocycles. The maximum absolute atomic E-state index is 12.0. The average Bonchev–Trinajstić information content (AvgIpc) is 2.85. The lowest BCUT2D eigenvalue weighted by molar-refractivity contribution is -0.121. The van der Waals surface area contributed by atoms with Gasteiger partial charge >= 0.3 is 0 Å². The molecule has 0 radical (unpaired) electrons. The van der Waals surface area contributed by atoms with E-state index in [-0.39, 0.29) is 11.8 Å². The molecule has 22 heavy (non-hydrogen) atoms. The van der Waals surface area contributed by atoms with Crippen molar-refractivity contribution in [1.82, 2.24) is 15.3 Å². The van der Waals surface area contributed by atoms with Gasteiger partial charge in [-0.2, -0.15) is 5.10 Å². The summed E-state index contributed by atoms with van der Waals surface area (Å²) in [6, 6.07) is 8.21. The number of aryl methyl sites for hydroxylation is 1. The van der Waals surface area contributed by atoms with Crippen LogP contribution in [0.5, 0.6) is 0 Å². The lowest BCUT2D eigenvalue weighted by Gasteiger charge is -2.11. The lowest BCUT2D eigenvalue weighted by atomic mass is 10.1. The maximum atomic E-state index is 12.0. The van der Waals surface area contributed by atoms with Crippen molar-refractivity contribution in [3.63, 3.8) is 0 Å². The summed E-state index contributed by atoms with van der Waals surface area (Å²) in [7, 11) is 2.02. The second-order valence-corrected chi connectivity index (χ2v) is 5.38. The Morgan fingerprint density at radius 3 is 2.95 bits per heavy atom. The van der Waals surface area contributed by atoms with Crippen molar-refractivity contribution in [2.45, 2.75) is 19.3 Å². The first-order valence-electron chi connectivity index (χ1n) is 7.31. The zero-order chi connectivity index (χ0) is 15.5. The number of nitrogens with one attached hydrogen (secondary N) is 2. The van der Waals surface area contributed by atoms with Gasteiger partial charge in [0.15, 0.2) is 0 Å². The third kappa shape index (κ3) is 2.86. The summed E-state index contributed by atoms with van der Waals surface area (Å²) in [6.45, 7) is 0.541. The van der Waals surface area contributed by atoms with E-state index in [9.17, 15) is 9.59 Å². The molecule has 0 fully saturated rings. The Balaban J connectivity index is 1.61. The highest BCUT2D eigenvalue weighted by Crippen LogP contribution is 2.20. The van der Waals surface area contributed by atoms with Gasteiger partial charge in [-0.25, -0.2) is 5.43 Å². The molecule has 2 aromatic rings. The minimum Gasteiger partial charge on any atom is -0.351 e. The van der Waals surface area contributed by atoms with E-state index in [1.165, 1.54) is 16.5 Å². The van der Waals surface area contributed by atoms with Crippen molar-refractivity contribution in [3.05, 3.63) is 36.0 Å². The molecule has 0 bridgehead atoms. The first kappa shape index (κ1) is 14.3. The van der Waals surface area contributed by atoms with E-state index >= 15 is 0 Å². The molecular formula is C16H18N4O2. The molecule has 0 saturated heterocycles. The molecule has 0 spiro atoms. The molecule has 2 amide bonds. The Bertz CT molecular complexity index is 761. The summed E-state index contributed by atoms with van der Waals surface area (Å²) in [6.07, 6.45) is 3.56. The SMILES string of the molecule is Cn1cc(CCNC(=O)C2=NNC(=O)CC2)c2ccccc21. The van der Waals surface area contributed by atoms with Crippen molar-refractivity contribution in [1.29, 1.82) is 0 Å². The van der Waals surface area contributed by atoms with E-state index in [1.807, 2.05) is 19.2 Å². The second kappa shape index (κ2) is 6.01. The molecule has 1 aliphatic rings. The molecule has 0 aliphatic carbocycles. The van der Waals surface area contributed by atoms with Crippen molar-refractivity contribution >= 4 is 28.4 Å². The molecule has 3 rings (SSSR count). The lowest BCUT2D eigenvalue weighted by Crippen LogP contribution is -2.37. The molecule has 114 valence electrons. The summed E-state index contributed by atoms with van der Waals surface area (Å²) in [5.74, 6) is -0.354. The number of hydrogen-bond acceptors (Lipinski definition) is 3. The minimum atomic E-state index is -0.208. The smallest absolute Gasteiger partial charge is 0.267 e. The number of nitrogens with zero attached hydrogens (tertiary/aromatic N) is 2. The molecule has 0 unspecified atom stereocenters. The Hall–Kier alpha value is -2.63. The van der Waals surface area contributed by atoms with Crippen LogP contribution in [-0.4, -0.2) is 28.6 Å². The Morgan fingerprint density at radius 2 is 2.18 bits per heavy atom. The summed E-state index contributed by atoms with van der Waals surface area (Å²) in [4.78, 5) is 23.0. The van der Waals surface area contributed by atoms with Crippen LogP contribution in [-0.2, 0) is 23.1 Å². The van der Waals surface area contributed by atoms with E-state index in [0.717, 1.165) is 6.42 Å². The Kier molecular flexibility index (Phi) is 3.91. The molecule has 0 saturated carbocycles. The minimum absolute atomic E-state index is 0.146. The highest BCUT2D eigenvalue weighted by molar-refractivity contribution is 6.39. The molecule has 1 aromatic heterocycles. The van der Waals surface area contributed by atoms with Crippen LogP contribution in [0.1, 0.15) is 18.4 Å². The van der Waals surface area contributed by atoms with Gasteiger partial charge < -0.3 is 9.88 Å². The topological polar surface area (TPSA) is 75.5 Å². The second-order valence-electron chi connectivity index (χ2n) is 5.38. The largest absolute Gasteiger partial charge is 0.351 e. The monoisotopic (exact) mass is 298 g/mol. The van der Waals surface area contributed by atoms with E-state index in [1.54, 1.807) is 0 Å². The van der Waals surface area contributed by atoms with Crippen LogP contribution in [0, 0.1) is 0 Å². The average molecular weight is 298 g/mol. The number of hydrogen-bond donors (Lipinski definition) is 2. The van der Waals surface area contributed by atoms with Gasteiger partial charge in [-0.05, 0) is 18.1 Å². The van der Waals surface area contributed by atoms with Crippen molar-refractivity contribution < 1.29 is 9.59 Å². The third-order valence-corrected chi connectivity index (χ3v) is 3.83. The van der Waals surface area contributed by atoms with Gasteiger partial charge in [0, 0.05) is 43.5 Å². The van der Waals surface area contributed by atoms with Crippen molar-refractivity contribution in [3.8, 4) is 0 Å². The highest BCUT2D eigenvalue weighted by atomic mass is 16.2. The van der Waals surface area contributed by atoms with Gasteiger partial charge in [0.05, 0.1) is 0 Å². The van der Waals surface area contributed by atoms with Gasteiger partial charge in [0.1, 0.15) is 5.71 Å². The number of carbonyl (C=O) groups excluding carboxylic acids is 2. The maximum Gasteiger partial charge on any atom is 0.267 e. The summed E-state index contributed by atoms with van der Waals surface area (Å²) in [5.41, 5.74) is 5.11. The normalized spacial score (nSPS) is 14.6. The zero-order valence-electron chi connectivity index (χ0n) is 12.4. The van der Waals surface area contributed by atoms with Gasteiger partial charge in [0.25, 0.3) is 5.91 Å². The standard InChI is InChI=1S/C16H18N4O2/c1-20-10-11(12-4-2-3-5-14(12)20)8-9-17-16(22)13-6-7-15(21)19-18-13/h2-5,10H,6-9H2,1H3,(H,17,22)(H,19,21). The number of para-hydroxylation sites is 1. The van der Waals surface area contributed by atoms with Crippen molar-refractivity contribution in [2.24, 2.45) is 12.1 Å². The molecule has 6 nitrogen and oxygen atoms in total. The predicted octanol–water partition coefficient (Wildman–Crippen LogP) is 1.10. The molecule has 6 heteroatoms. The Labute approximate surface area is 128 Å². The quantitative estimate of drug-likeness (QED) is 0.887. The fraction of sp³-hybridized carbons (Fsp3) is 0.312. The van der Waals surface area contributed by atoms with Crippen LogP contribution >= 0.6 is 0 Å². The summed E-state index contributed by atoms with van der Waals surface area (Å²) in [5, 5.41) is 7.86. The van der Waals surface area contributed by atoms with Crippen LogP contribution < -0.4 is 10.7 Å². The fourth-order valence-electron chi connectivity index (χ4n) is 2.68. The number of carbonyl (C=O) groups is 2. The summed E-state index contributed by atoms with van der Waals surface area (Å²) < 4.78 is 2.09. The zero-order valence-corrected chi connectivity index (χ0v) is 12.4. The predicted molar refractivity (Wildman–Crippen MR) is 84.4 cm³/mol.